The zero-order valence-corrected chi connectivity index (χ0v) is 17.2. The number of carbonyl (C=O) groups is 1. The summed E-state index contributed by atoms with van der Waals surface area (Å²) >= 11 is 6.05. The number of halogens is 1. The lowest BCUT2D eigenvalue weighted by Crippen LogP contribution is -2.36. The number of aromatic nitrogens is 2. The number of nitrogens with one attached hydrogen (secondary N) is 1. The molecule has 6 nitrogen and oxygen atoms in total. The molecule has 0 aliphatic rings. The van der Waals surface area contributed by atoms with E-state index in [0.717, 1.165) is 16.7 Å². The summed E-state index contributed by atoms with van der Waals surface area (Å²) in [4.78, 5) is 24.6. The van der Waals surface area contributed by atoms with Gasteiger partial charge in [0.05, 0.1) is 5.69 Å². The maximum Gasteiger partial charge on any atom is 0.271 e. The second-order valence-electron chi connectivity index (χ2n) is 6.82. The maximum absolute atomic E-state index is 12.4. The molecule has 0 radical (unpaired) electrons. The molecule has 1 N–H and O–H groups in total. The summed E-state index contributed by atoms with van der Waals surface area (Å²) in [5, 5.41) is 7.58. The van der Waals surface area contributed by atoms with E-state index in [-0.39, 0.29) is 17.3 Å². The van der Waals surface area contributed by atoms with Gasteiger partial charge in [-0.05, 0) is 44.0 Å². The minimum atomic E-state index is -0.779. The second kappa shape index (κ2) is 8.92. The highest BCUT2D eigenvalue weighted by atomic mass is 35.5. The number of nitrogens with zero attached hydrogens (tertiary/aromatic N) is 2. The highest BCUT2D eigenvalue weighted by Crippen LogP contribution is 2.18. The average Bonchev–Trinajstić information content (AvgIpc) is 2.69. The van der Waals surface area contributed by atoms with Crippen LogP contribution in [0.15, 0.2) is 59.4 Å². The van der Waals surface area contributed by atoms with Gasteiger partial charge in [0, 0.05) is 23.7 Å². The minimum absolute atomic E-state index is 0.169. The van der Waals surface area contributed by atoms with Gasteiger partial charge in [-0.15, -0.1) is 5.10 Å². The van der Waals surface area contributed by atoms with Gasteiger partial charge in [0.15, 0.2) is 6.10 Å². The minimum Gasteiger partial charge on any atom is -0.464 e. The standard InChI is InChI=1S/C22H22ClN3O3/c1-14-5-4-6-17(11-14)13-24-22(28)16(3)29-20-9-10-21(27)26(25-20)19-12-18(23)8-7-15(19)2/h4-12,16H,13H2,1-3H3,(H,24,28)/t16-/m0/s1. The van der Waals surface area contributed by atoms with Crippen LogP contribution in [-0.4, -0.2) is 21.8 Å². The number of carbonyl (C=O) groups excluding carboxylic acids is 1. The Morgan fingerprint density at radius 1 is 1.17 bits per heavy atom. The SMILES string of the molecule is Cc1cccc(CNC(=O)[C@H](C)Oc2ccc(=O)n(-c3cc(Cl)ccc3C)n2)c1. The Morgan fingerprint density at radius 2 is 1.97 bits per heavy atom. The van der Waals surface area contributed by atoms with Gasteiger partial charge < -0.3 is 10.1 Å². The molecule has 1 atom stereocenters. The van der Waals surface area contributed by atoms with Gasteiger partial charge >= 0.3 is 0 Å². The Hall–Kier alpha value is -3.12. The molecule has 0 bridgehead atoms. The van der Waals surface area contributed by atoms with E-state index in [2.05, 4.69) is 10.4 Å². The molecule has 29 heavy (non-hydrogen) atoms. The molecule has 0 fully saturated rings. The summed E-state index contributed by atoms with van der Waals surface area (Å²) in [6, 6.07) is 15.9. The predicted octanol–water partition coefficient (Wildman–Crippen LogP) is 3.59. The Labute approximate surface area is 174 Å². The van der Waals surface area contributed by atoms with Crippen LogP contribution in [-0.2, 0) is 11.3 Å². The Morgan fingerprint density at radius 3 is 2.72 bits per heavy atom. The topological polar surface area (TPSA) is 73.2 Å². The summed E-state index contributed by atoms with van der Waals surface area (Å²) in [6.07, 6.45) is -0.779. The van der Waals surface area contributed by atoms with Crippen molar-refractivity contribution in [2.75, 3.05) is 0 Å². The van der Waals surface area contributed by atoms with Crippen LogP contribution in [0.25, 0.3) is 5.69 Å². The average molecular weight is 412 g/mol. The lowest BCUT2D eigenvalue weighted by atomic mass is 10.1. The number of amides is 1. The monoisotopic (exact) mass is 411 g/mol. The number of hydrogen-bond donors (Lipinski definition) is 1. The Bertz CT molecular complexity index is 1090. The normalized spacial score (nSPS) is 11.7. The van der Waals surface area contributed by atoms with Crippen molar-refractivity contribution >= 4 is 17.5 Å². The van der Waals surface area contributed by atoms with Crippen LogP contribution in [0.1, 0.15) is 23.6 Å². The van der Waals surface area contributed by atoms with Crippen molar-refractivity contribution in [1.29, 1.82) is 0 Å². The molecular formula is C22H22ClN3O3. The number of ether oxygens (including phenoxy) is 1. The van der Waals surface area contributed by atoms with E-state index in [1.165, 1.54) is 16.8 Å². The molecular weight excluding hydrogens is 390 g/mol. The van der Waals surface area contributed by atoms with Gasteiger partial charge in [0.25, 0.3) is 11.5 Å². The molecule has 1 amide bonds. The summed E-state index contributed by atoms with van der Waals surface area (Å²) in [6.45, 7) is 5.89. The largest absolute Gasteiger partial charge is 0.464 e. The first-order chi connectivity index (χ1) is 13.8. The zero-order valence-electron chi connectivity index (χ0n) is 16.5. The van der Waals surface area contributed by atoms with Gasteiger partial charge in [0.1, 0.15) is 0 Å². The summed E-state index contributed by atoms with van der Waals surface area (Å²) in [7, 11) is 0. The molecule has 7 heteroatoms. The first-order valence-corrected chi connectivity index (χ1v) is 9.58. The van der Waals surface area contributed by atoms with Crippen LogP contribution in [0.3, 0.4) is 0 Å². The molecule has 1 aromatic heterocycles. The third-order valence-electron chi connectivity index (χ3n) is 4.39. The van der Waals surface area contributed by atoms with Crippen LogP contribution in [0.4, 0.5) is 0 Å². The molecule has 3 aromatic rings. The van der Waals surface area contributed by atoms with Crippen molar-refractivity contribution in [2.45, 2.75) is 33.4 Å². The molecule has 3 rings (SSSR count). The number of aryl methyl sites for hydroxylation is 2. The van der Waals surface area contributed by atoms with E-state index in [0.29, 0.717) is 17.3 Å². The van der Waals surface area contributed by atoms with E-state index in [1.54, 1.807) is 25.1 Å². The fourth-order valence-electron chi connectivity index (χ4n) is 2.83. The van der Waals surface area contributed by atoms with Gasteiger partial charge in [0.2, 0.25) is 5.88 Å². The predicted molar refractivity (Wildman–Crippen MR) is 113 cm³/mol. The molecule has 2 aromatic carbocycles. The van der Waals surface area contributed by atoms with Crippen molar-refractivity contribution < 1.29 is 9.53 Å². The van der Waals surface area contributed by atoms with Crippen molar-refractivity contribution in [3.05, 3.63) is 86.7 Å². The molecule has 1 heterocycles. The smallest absolute Gasteiger partial charge is 0.271 e. The van der Waals surface area contributed by atoms with Gasteiger partial charge in [-0.1, -0.05) is 47.5 Å². The second-order valence-corrected chi connectivity index (χ2v) is 7.26. The first kappa shape index (κ1) is 20.6. The van der Waals surface area contributed by atoms with Crippen LogP contribution in [0, 0.1) is 13.8 Å². The Kier molecular flexibility index (Phi) is 6.34. The highest BCUT2D eigenvalue weighted by molar-refractivity contribution is 6.30. The highest BCUT2D eigenvalue weighted by Gasteiger charge is 2.16. The third-order valence-corrected chi connectivity index (χ3v) is 4.63. The molecule has 0 spiro atoms. The van der Waals surface area contributed by atoms with Crippen molar-refractivity contribution in [2.24, 2.45) is 0 Å². The van der Waals surface area contributed by atoms with Crippen LogP contribution >= 0.6 is 11.6 Å². The van der Waals surface area contributed by atoms with E-state index < -0.39 is 6.10 Å². The summed E-state index contributed by atoms with van der Waals surface area (Å²) in [5.74, 6) is -0.104. The van der Waals surface area contributed by atoms with Gasteiger partial charge in [-0.3, -0.25) is 9.59 Å². The number of hydrogen-bond acceptors (Lipinski definition) is 4. The molecule has 0 aliphatic carbocycles. The molecule has 0 saturated carbocycles. The molecule has 0 unspecified atom stereocenters. The Balaban J connectivity index is 1.72. The van der Waals surface area contributed by atoms with Crippen LogP contribution < -0.4 is 15.6 Å². The maximum atomic E-state index is 12.4. The quantitative estimate of drug-likeness (QED) is 0.672. The molecule has 0 saturated heterocycles. The molecule has 0 aliphatic heterocycles. The van der Waals surface area contributed by atoms with Crippen molar-refractivity contribution in [3.8, 4) is 11.6 Å². The molecule has 150 valence electrons. The van der Waals surface area contributed by atoms with Gasteiger partial charge in [-0.2, -0.15) is 4.68 Å². The summed E-state index contributed by atoms with van der Waals surface area (Å²) in [5.41, 5.74) is 3.21. The van der Waals surface area contributed by atoms with E-state index in [1.807, 2.05) is 38.1 Å². The van der Waals surface area contributed by atoms with E-state index >= 15 is 0 Å². The number of rotatable bonds is 6. The third kappa shape index (κ3) is 5.23. The lowest BCUT2D eigenvalue weighted by molar-refractivity contribution is -0.127. The van der Waals surface area contributed by atoms with Crippen molar-refractivity contribution in [1.82, 2.24) is 15.1 Å². The number of benzene rings is 2. The van der Waals surface area contributed by atoms with E-state index in [4.69, 9.17) is 16.3 Å². The first-order valence-electron chi connectivity index (χ1n) is 9.20. The fourth-order valence-corrected chi connectivity index (χ4v) is 3.00. The van der Waals surface area contributed by atoms with Crippen molar-refractivity contribution in [3.63, 3.8) is 0 Å². The van der Waals surface area contributed by atoms with Crippen LogP contribution in [0.5, 0.6) is 5.88 Å². The van der Waals surface area contributed by atoms with Crippen LogP contribution in [0.2, 0.25) is 5.02 Å². The lowest BCUT2D eigenvalue weighted by Gasteiger charge is -2.15. The fraction of sp³-hybridized carbons (Fsp3) is 0.227. The zero-order chi connectivity index (χ0) is 21.0. The van der Waals surface area contributed by atoms with Gasteiger partial charge in [-0.25, -0.2) is 0 Å². The van der Waals surface area contributed by atoms with E-state index in [9.17, 15) is 9.59 Å². The summed E-state index contributed by atoms with van der Waals surface area (Å²) < 4.78 is 6.88.